The molecule has 2 heterocycles. The highest BCUT2D eigenvalue weighted by atomic mass is 32.1. The van der Waals surface area contributed by atoms with Crippen LogP contribution >= 0.6 is 11.3 Å². The summed E-state index contributed by atoms with van der Waals surface area (Å²) in [6.07, 6.45) is 1.76. The van der Waals surface area contributed by atoms with Crippen molar-refractivity contribution in [3.05, 3.63) is 70.0 Å². The highest BCUT2D eigenvalue weighted by molar-refractivity contribution is 7.19. The van der Waals surface area contributed by atoms with E-state index < -0.39 is 4.92 Å². The number of nitro benzene ring substituents is 1. The van der Waals surface area contributed by atoms with Crippen LogP contribution < -0.4 is 5.32 Å². The van der Waals surface area contributed by atoms with Crippen LogP contribution in [0.15, 0.2) is 48.5 Å². The summed E-state index contributed by atoms with van der Waals surface area (Å²) in [7, 11) is 0. The van der Waals surface area contributed by atoms with Crippen molar-refractivity contribution < 1.29 is 9.72 Å². The smallest absolute Gasteiger partial charge is 0.269 e. The molecule has 0 saturated carbocycles. The molecule has 0 aliphatic rings. The number of carbonyl (C=O) groups is 1. The van der Waals surface area contributed by atoms with E-state index >= 15 is 0 Å². The van der Waals surface area contributed by atoms with Gasteiger partial charge in [0.05, 0.1) is 4.92 Å². The van der Waals surface area contributed by atoms with Gasteiger partial charge in [0.1, 0.15) is 5.01 Å². The van der Waals surface area contributed by atoms with Gasteiger partial charge in [-0.1, -0.05) is 30.4 Å². The Kier molecular flexibility index (Phi) is 5.00. The third-order valence-corrected chi connectivity index (χ3v) is 5.18. The zero-order chi connectivity index (χ0) is 20.4. The van der Waals surface area contributed by atoms with Gasteiger partial charge in [-0.25, -0.2) is 0 Å². The van der Waals surface area contributed by atoms with Gasteiger partial charge in [-0.15, -0.1) is 10.2 Å². The maximum atomic E-state index is 12.4. The van der Waals surface area contributed by atoms with E-state index in [1.165, 1.54) is 35.6 Å². The van der Waals surface area contributed by atoms with Gasteiger partial charge in [0, 0.05) is 35.4 Å². The van der Waals surface area contributed by atoms with Gasteiger partial charge >= 0.3 is 0 Å². The first kappa shape index (κ1) is 18.7. The molecule has 0 aliphatic heterocycles. The first-order chi connectivity index (χ1) is 14.0. The Morgan fingerprint density at radius 2 is 2.00 bits per heavy atom. The Morgan fingerprint density at radius 1 is 1.21 bits per heavy atom. The van der Waals surface area contributed by atoms with Crippen LogP contribution in [0.5, 0.6) is 0 Å². The highest BCUT2D eigenvalue weighted by Crippen LogP contribution is 2.28. The maximum absolute atomic E-state index is 12.4. The normalized spacial score (nSPS) is 10.9. The number of fused-ring (bicyclic) bond motifs is 1. The number of nitrogens with one attached hydrogen (secondary N) is 1. The number of nitrogens with zero attached hydrogens (tertiary/aromatic N) is 5. The van der Waals surface area contributed by atoms with Crippen molar-refractivity contribution in [1.29, 1.82) is 0 Å². The van der Waals surface area contributed by atoms with Crippen molar-refractivity contribution in [3.63, 3.8) is 0 Å². The van der Waals surface area contributed by atoms with E-state index in [2.05, 4.69) is 27.5 Å². The van der Waals surface area contributed by atoms with Crippen molar-refractivity contribution in [2.24, 2.45) is 0 Å². The number of aromatic nitrogens is 4. The zero-order valence-corrected chi connectivity index (χ0v) is 16.2. The standard InChI is InChI=1S/C19H16N6O3S/c1-2-4-16-21-22-19-24(16)23-18(29-19)13-5-3-6-14(11-13)20-17(26)12-7-9-15(10-8-12)25(27)28/h3,5-11H,2,4H2,1H3,(H,20,26). The minimum absolute atomic E-state index is 0.0609. The molecule has 2 aromatic carbocycles. The SMILES string of the molecule is CCCc1nnc2sc(-c3cccc(NC(=O)c4ccc([N+](=O)[O-])cc4)c3)nn12. The second-order valence-electron chi connectivity index (χ2n) is 6.31. The van der Waals surface area contributed by atoms with Gasteiger partial charge in [0.15, 0.2) is 5.82 Å². The Morgan fingerprint density at radius 3 is 2.72 bits per heavy atom. The minimum Gasteiger partial charge on any atom is -0.322 e. The number of anilines is 1. The van der Waals surface area contributed by atoms with Gasteiger partial charge in [-0.3, -0.25) is 14.9 Å². The molecule has 1 N–H and O–H groups in total. The average Bonchev–Trinajstić information content (AvgIpc) is 3.30. The van der Waals surface area contributed by atoms with Gasteiger partial charge in [-0.2, -0.15) is 9.61 Å². The van der Waals surface area contributed by atoms with Gasteiger partial charge in [0.2, 0.25) is 4.96 Å². The molecule has 0 radical (unpaired) electrons. The molecule has 146 valence electrons. The summed E-state index contributed by atoms with van der Waals surface area (Å²) in [6, 6.07) is 12.8. The van der Waals surface area contributed by atoms with Crippen molar-refractivity contribution >= 4 is 33.6 Å². The number of amides is 1. The fraction of sp³-hybridized carbons (Fsp3) is 0.158. The van der Waals surface area contributed by atoms with Crippen LogP contribution in [0.1, 0.15) is 29.5 Å². The molecule has 0 fully saturated rings. The van der Waals surface area contributed by atoms with E-state index in [0.717, 1.165) is 34.2 Å². The molecule has 0 atom stereocenters. The molecule has 4 rings (SSSR count). The highest BCUT2D eigenvalue weighted by Gasteiger charge is 2.14. The lowest BCUT2D eigenvalue weighted by Crippen LogP contribution is -2.11. The van der Waals surface area contributed by atoms with E-state index in [1.807, 2.05) is 18.2 Å². The molecule has 2 aromatic heterocycles. The molecular formula is C19H16N6O3S. The number of rotatable bonds is 6. The fourth-order valence-corrected chi connectivity index (χ4v) is 3.68. The quantitative estimate of drug-likeness (QED) is 0.381. The second kappa shape index (κ2) is 7.76. The fourth-order valence-electron chi connectivity index (χ4n) is 2.82. The number of nitro groups is 1. The van der Waals surface area contributed by atoms with Gasteiger partial charge in [-0.05, 0) is 30.7 Å². The summed E-state index contributed by atoms with van der Waals surface area (Å²) in [5, 5.41) is 27.2. The molecule has 9 nitrogen and oxygen atoms in total. The lowest BCUT2D eigenvalue weighted by atomic mass is 10.1. The molecule has 4 aromatic rings. The summed E-state index contributed by atoms with van der Waals surface area (Å²) >= 11 is 1.43. The van der Waals surface area contributed by atoms with Crippen LogP contribution in [0, 0.1) is 10.1 Å². The summed E-state index contributed by atoms with van der Waals surface area (Å²) in [6.45, 7) is 2.07. The Hall–Kier alpha value is -3.66. The summed E-state index contributed by atoms with van der Waals surface area (Å²) in [4.78, 5) is 23.4. The topological polar surface area (TPSA) is 115 Å². The minimum atomic E-state index is -0.503. The molecule has 0 bridgehead atoms. The maximum Gasteiger partial charge on any atom is 0.269 e. The van der Waals surface area contributed by atoms with Crippen LogP contribution in [-0.4, -0.2) is 30.6 Å². The molecule has 10 heteroatoms. The van der Waals surface area contributed by atoms with E-state index in [9.17, 15) is 14.9 Å². The third-order valence-electron chi connectivity index (χ3n) is 4.24. The van der Waals surface area contributed by atoms with Crippen molar-refractivity contribution in [3.8, 4) is 10.6 Å². The Balaban J connectivity index is 1.55. The lowest BCUT2D eigenvalue weighted by Gasteiger charge is -2.06. The number of hydrogen-bond acceptors (Lipinski definition) is 7. The van der Waals surface area contributed by atoms with Crippen molar-refractivity contribution in [1.82, 2.24) is 19.8 Å². The van der Waals surface area contributed by atoms with E-state index in [-0.39, 0.29) is 11.6 Å². The predicted molar refractivity (Wildman–Crippen MR) is 109 cm³/mol. The van der Waals surface area contributed by atoms with E-state index in [4.69, 9.17) is 0 Å². The molecule has 0 spiro atoms. The first-order valence-electron chi connectivity index (χ1n) is 8.92. The molecule has 29 heavy (non-hydrogen) atoms. The molecule has 0 saturated heterocycles. The predicted octanol–water partition coefficient (Wildman–Crippen LogP) is 3.97. The Bertz CT molecular complexity index is 1200. The van der Waals surface area contributed by atoms with Crippen LogP contribution in [-0.2, 0) is 6.42 Å². The van der Waals surface area contributed by atoms with Gasteiger partial charge < -0.3 is 5.32 Å². The molecular weight excluding hydrogens is 392 g/mol. The number of hydrogen-bond donors (Lipinski definition) is 1. The van der Waals surface area contributed by atoms with Crippen LogP contribution in [0.2, 0.25) is 0 Å². The number of benzene rings is 2. The number of non-ortho nitro benzene ring substituents is 1. The monoisotopic (exact) mass is 408 g/mol. The molecule has 0 unspecified atom stereocenters. The Labute approximate surface area is 169 Å². The number of carbonyl (C=O) groups excluding carboxylic acids is 1. The second-order valence-corrected chi connectivity index (χ2v) is 7.26. The van der Waals surface area contributed by atoms with Crippen molar-refractivity contribution in [2.75, 3.05) is 5.32 Å². The van der Waals surface area contributed by atoms with Crippen LogP contribution in [0.4, 0.5) is 11.4 Å². The summed E-state index contributed by atoms with van der Waals surface area (Å²) in [5.74, 6) is 0.480. The molecule has 0 aliphatic carbocycles. The summed E-state index contributed by atoms with van der Waals surface area (Å²) in [5.41, 5.74) is 1.73. The summed E-state index contributed by atoms with van der Waals surface area (Å²) < 4.78 is 1.76. The number of aryl methyl sites for hydroxylation is 1. The third kappa shape index (κ3) is 3.83. The van der Waals surface area contributed by atoms with Gasteiger partial charge in [0.25, 0.3) is 11.6 Å². The average molecular weight is 408 g/mol. The largest absolute Gasteiger partial charge is 0.322 e. The zero-order valence-electron chi connectivity index (χ0n) is 15.4. The first-order valence-corrected chi connectivity index (χ1v) is 9.74. The van der Waals surface area contributed by atoms with Crippen LogP contribution in [0.25, 0.3) is 15.5 Å². The van der Waals surface area contributed by atoms with Crippen LogP contribution in [0.3, 0.4) is 0 Å². The van der Waals surface area contributed by atoms with E-state index in [1.54, 1.807) is 10.6 Å². The lowest BCUT2D eigenvalue weighted by molar-refractivity contribution is -0.384. The van der Waals surface area contributed by atoms with Crippen molar-refractivity contribution in [2.45, 2.75) is 19.8 Å². The van der Waals surface area contributed by atoms with E-state index in [0.29, 0.717) is 11.3 Å². The molecule has 1 amide bonds.